The second-order valence-electron chi connectivity index (χ2n) is 5.81. The molecule has 11 heteroatoms. The van der Waals surface area contributed by atoms with Crippen molar-refractivity contribution in [1.29, 1.82) is 0 Å². The lowest BCUT2D eigenvalue weighted by molar-refractivity contribution is -0.141. The van der Waals surface area contributed by atoms with Gasteiger partial charge in [0.05, 0.1) is 12.8 Å². The molecule has 0 fully saturated rings. The molecule has 1 aromatic carbocycles. The first-order valence-corrected chi connectivity index (χ1v) is 8.64. The highest BCUT2D eigenvalue weighted by Gasteiger charge is 2.32. The predicted molar refractivity (Wildman–Crippen MR) is 98.6 cm³/mol. The van der Waals surface area contributed by atoms with Crippen molar-refractivity contribution in [2.75, 3.05) is 33.2 Å². The second kappa shape index (κ2) is 9.86. The number of hydrogen-bond acceptors (Lipinski definition) is 7. The number of nitrogens with zero attached hydrogens (tertiary/aromatic N) is 2. The zero-order chi connectivity index (χ0) is 21.6. The molecule has 0 saturated heterocycles. The zero-order valence-electron chi connectivity index (χ0n) is 15.8. The first-order valence-electron chi connectivity index (χ1n) is 8.26. The Morgan fingerprint density at radius 2 is 1.79 bits per heavy atom. The fourth-order valence-electron chi connectivity index (χ4n) is 2.61. The third-order valence-electron chi connectivity index (χ3n) is 3.89. The summed E-state index contributed by atoms with van der Waals surface area (Å²) in [5.41, 5.74) is 0.805. The van der Waals surface area contributed by atoms with Crippen molar-refractivity contribution in [1.82, 2.24) is 9.97 Å². The molecule has 0 aliphatic heterocycles. The Hall–Kier alpha value is -2.43. The zero-order valence-corrected chi connectivity index (χ0v) is 16.5. The van der Waals surface area contributed by atoms with Crippen LogP contribution in [0.25, 0.3) is 0 Å². The van der Waals surface area contributed by atoms with Gasteiger partial charge in [0.15, 0.2) is 6.29 Å². The Morgan fingerprint density at radius 3 is 2.31 bits per heavy atom. The van der Waals surface area contributed by atoms with Gasteiger partial charge < -0.3 is 19.5 Å². The minimum Gasteiger partial charge on any atom is -0.468 e. The fourth-order valence-corrected chi connectivity index (χ4v) is 2.74. The molecule has 0 saturated carbocycles. The molecule has 2 aromatic rings. The molecular weight excluding hydrogens is 415 g/mol. The molecule has 1 heterocycles. The van der Waals surface area contributed by atoms with Crippen molar-refractivity contribution in [3.63, 3.8) is 0 Å². The van der Waals surface area contributed by atoms with E-state index >= 15 is 0 Å². The van der Waals surface area contributed by atoms with E-state index < -0.39 is 30.9 Å². The molecule has 29 heavy (non-hydrogen) atoms. The molecule has 7 nitrogen and oxygen atoms in total. The maximum Gasteiger partial charge on any atom is 0.405 e. The minimum atomic E-state index is -4.47. The van der Waals surface area contributed by atoms with Gasteiger partial charge in [-0.05, 0) is 17.7 Å². The van der Waals surface area contributed by atoms with E-state index in [9.17, 15) is 18.0 Å². The van der Waals surface area contributed by atoms with Gasteiger partial charge in [-0.3, -0.25) is 4.79 Å². The Bertz CT molecular complexity index is 830. The van der Waals surface area contributed by atoms with Crippen LogP contribution in [0.5, 0.6) is 0 Å². The normalized spacial score (nSPS) is 12.7. The van der Waals surface area contributed by atoms with Gasteiger partial charge in [-0.1, -0.05) is 23.7 Å². The van der Waals surface area contributed by atoms with Crippen molar-refractivity contribution in [2.45, 2.75) is 18.4 Å². The topological polar surface area (TPSA) is 82.6 Å². The van der Waals surface area contributed by atoms with Crippen LogP contribution in [0.2, 0.25) is 5.02 Å². The van der Waals surface area contributed by atoms with Gasteiger partial charge in [-0.2, -0.15) is 13.2 Å². The summed E-state index contributed by atoms with van der Waals surface area (Å²) >= 11 is 5.91. The molecule has 1 aromatic heterocycles. The number of nitrogens with one attached hydrogen (secondary N) is 1. The molecule has 1 N–H and O–H groups in total. The molecule has 0 spiro atoms. The lowest BCUT2D eigenvalue weighted by atomic mass is 9.92. The van der Waals surface area contributed by atoms with Crippen LogP contribution < -0.4 is 5.32 Å². The molecule has 158 valence electrons. The highest BCUT2D eigenvalue weighted by molar-refractivity contribution is 6.30. The summed E-state index contributed by atoms with van der Waals surface area (Å²) in [5.74, 6) is -2.07. The van der Waals surface area contributed by atoms with Crippen LogP contribution in [0.15, 0.2) is 30.5 Å². The van der Waals surface area contributed by atoms with Crippen LogP contribution in [0.3, 0.4) is 0 Å². The molecule has 2 rings (SSSR count). The van der Waals surface area contributed by atoms with Gasteiger partial charge in [0.1, 0.15) is 12.5 Å². The van der Waals surface area contributed by atoms with Gasteiger partial charge in [0.2, 0.25) is 5.95 Å². The fraction of sp³-hybridized carbons (Fsp3) is 0.389. The first-order chi connectivity index (χ1) is 13.7. The van der Waals surface area contributed by atoms with Crippen molar-refractivity contribution in [3.05, 3.63) is 52.3 Å². The molecule has 0 bridgehead atoms. The summed E-state index contributed by atoms with van der Waals surface area (Å²) in [6.07, 6.45) is -4.19. The lowest BCUT2D eigenvalue weighted by Gasteiger charge is -2.22. The van der Waals surface area contributed by atoms with Crippen LogP contribution in [0, 0.1) is 0 Å². The summed E-state index contributed by atoms with van der Waals surface area (Å²) in [4.78, 5) is 20.6. The number of benzene rings is 1. The van der Waals surface area contributed by atoms with Gasteiger partial charge in [-0.25, -0.2) is 9.97 Å². The van der Waals surface area contributed by atoms with E-state index in [1.165, 1.54) is 27.5 Å². The number of rotatable bonds is 8. The largest absolute Gasteiger partial charge is 0.468 e. The Kier molecular flexibility index (Phi) is 7.77. The van der Waals surface area contributed by atoms with Crippen molar-refractivity contribution < 1.29 is 32.2 Å². The number of carbonyl (C=O) groups is 1. The molecule has 0 radical (unpaired) electrons. The van der Waals surface area contributed by atoms with Crippen LogP contribution in [-0.4, -0.2) is 50.0 Å². The highest BCUT2D eigenvalue weighted by Crippen LogP contribution is 2.33. The van der Waals surface area contributed by atoms with E-state index in [1.807, 2.05) is 0 Å². The average molecular weight is 434 g/mol. The molecule has 1 atom stereocenters. The van der Waals surface area contributed by atoms with E-state index in [2.05, 4.69) is 15.3 Å². The highest BCUT2D eigenvalue weighted by atomic mass is 35.5. The van der Waals surface area contributed by atoms with Gasteiger partial charge in [0.25, 0.3) is 0 Å². The number of alkyl halides is 3. The summed E-state index contributed by atoms with van der Waals surface area (Å²) in [6.45, 7) is -1.34. The van der Waals surface area contributed by atoms with Gasteiger partial charge in [-0.15, -0.1) is 0 Å². The van der Waals surface area contributed by atoms with Crippen LogP contribution in [-0.2, 0) is 19.0 Å². The number of hydrogen-bond donors (Lipinski definition) is 1. The van der Waals surface area contributed by atoms with Crippen LogP contribution in [0.1, 0.15) is 29.0 Å². The third kappa shape index (κ3) is 6.02. The molecule has 1 unspecified atom stereocenters. The number of halogens is 4. The number of ether oxygens (including phenoxy) is 3. The van der Waals surface area contributed by atoms with Crippen LogP contribution in [0.4, 0.5) is 19.1 Å². The van der Waals surface area contributed by atoms with E-state index in [0.29, 0.717) is 10.6 Å². The lowest BCUT2D eigenvalue weighted by Crippen LogP contribution is -2.25. The average Bonchev–Trinajstić information content (AvgIpc) is 2.69. The maximum absolute atomic E-state index is 12.6. The molecule has 0 aliphatic rings. The number of anilines is 1. The Labute approximate surface area is 170 Å². The molecule has 0 aliphatic carbocycles. The number of aromatic nitrogens is 2. The molecular formula is C18H19ClF3N3O4. The number of esters is 1. The summed E-state index contributed by atoms with van der Waals surface area (Å²) in [5, 5.41) is 2.54. The standard InChI is InChI=1S/C18H19ClF3N3O4/c1-27-15(26)13(10-4-6-11(19)7-5-10)14-12(16(28-2)29-3)8-23-17(25-14)24-9-18(20,21)22/h4-8,13,16H,9H2,1-3H3,(H,23,24,25). The summed E-state index contributed by atoms with van der Waals surface area (Å²) in [6, 6.07) is 6.32. The Morgan fingerprint density at radius 1 is 1.17 bits per heavy atom. The van der Waals surface area contributed by atoms with Crippen LogP contribution >= 0.6 is 11.6 Å². The van der Waals surface area contributed by atoms with Gasteiger partial charge in [0, 0.05) is 31.0 Å². The smallest absolute Gasteiger partial charge is 0.405 e. The summed E-state index contributed by atoms with van der Waals surface area (Å²) in [7, 11) is 3.92. The Balaban J connectivity index is 2.60. The second-order valence-corrected chi connectivity index (χ2v) is 6.25. The maximum atomic E-state index is 12.6. The van der Waals surface area contributed by atoms with E-state index in [-0.39, 0.29) is 17.2 Å². The van der Waals surface area contributed by atoms with Crippen molar-refractivity contribution >= 4 is 23.5 Å². The van der Waals surface area contributed by atoms with Crippen molar-refractivity contribution in [2.24, 2.45) is 0 Å². The van der Waals surface area contributed by atoms with E-state index in [4.69, 9.17) is 25.8 Å². The van der Waals surface area contributed by atoms with Gasteiger partial charge >= 0.3 is 12.1 Å². The summed E-state index contributed by atoms with van der Waals surface area (Å²) < 4.78 is 53.0. The number of methoxy groups -OCH3 is 3. The number of carbonyl (C=O) groups excluding carboxylic acids is 1. The minimum absolute atomic E-state index is 0.0764. The predicted octanol–water partition coefficient (Wildman–Crippen LogP) is 3.70. The van der Waals surface area contributed by atoms with Crippen molar-refractivity contribution in [3.8, 4) is 0 Å². The third-order valence-corrected chi connectivity index (χ3v) is 4.14. The SMILES string of the molecule is COC(=O)C(c1ccc(Cl)cc1)c1nc(NCC(F)(F)F)ncc1C(OC)OC. The first kappa shape index (κ1) is 22.9. The molecule has 0 amide bonds. The monoisotopic (exact) mass is 433 g/mol. The van der Waals surface area contributed by atoms with E-state index in [0.717, 1.165) is 0 Å². The quantitative estimate of drug-likeness (QED) is 0.502. The van der Waals surface area contributed by atoms with E-state index in [1.54, 1.807) is 24.3 Å².